The number of carbonyl (C=O) groups excluding carboxylic acids is 2. The van der Waals surface area contributed by atoms with Gasteiger partial charge in [0.15, 0.2) is 5.13 Å². The van der Waals surface area contributed by atoms with Crippen molar-refractivity contribution in [1.82, 2.24) is 4.98 Å². The normalized spacial score (nSPS) is 10.3. The Balaban J connectivity index is 1.46. The molecule has 0 unspecified atom stereocenters. The van der Waals surface area contributed by atoms with Crippen LogP contribution in [0.1, 0.15) is 16.1 Å². The molecule has 0 atom stereocenters. The molecule has 0 fully saturated rings. The van der Waals surface area contributed by atoms with Gasteiger partial charge in [-0.3, -0.25) is 14.9 Å². The number of amides is 2. The number of rotatable bonds is 9. The highest BCUT2D eigenvalue weighted by atomic mass is 32.2. The summed E-state index contributed by atoms with van der Waals surface area (Å²) in [5.74, 6) is 1.73. The number of hydrogen-bond donors (Lipinski definition) is 2. The van der Waals surface area contributed by atoms with Gasteiger partial charge in [0.2, 0.25) is 5.91 Å². The Morgan fingerprint density at radius 1 is 1.03 bits per heavy atom. The molecule has 0 aliphatic heterocycles. The summed E-state index contributed by atoms with van der Waals surface area (Å²) in [5.41, 5.74) is 1.97. The van der Waals surface area contributed by atoms with Crippen molar-refractivity contribution in [2.45, 2.75) is 5.75 Å². The van der Waals surface area contributed by atoms with Crippen LogP contribution in [0.3, 0.4) is 0 Å². The van der Waals surface area contributed by atoms with E-state index < -0.39 is 0 Å². The average molecular weight is 444 g/mol. The standard InChI is InChI=1S/C21H21N3O4S2/c1-27-16-9-7-14(8-10-16)22-19(25)13-29-11-15-12-30-21(23-15)24-20(26)17-5-3-4-6-18(17)28-2/h3-10,12H,11,13H2,1-2H3,(H,22,25)(H,23,24,26). The number of thiazole rings is 1. The van der Waals surface area contributed by atoms with Gasteiger partial charge < -0.3 is 14.8 Å². The SMILES string of the molecule is COc1ccc(NC(=O)CSCc2csc(NC(=O)c3ccccc3OC)n2)cc1. The summed E-state index contributed by atoms with van der Waals surface area (Å²) >= 11 is 2.79. The Kier molecular flexibility index (Phi) is 7.69. The number of nitrogens with one attached hydrogen (secondary N) is 2. The van der Waals surface area contributed by atoms with E-state index in [1.165, 1.54) is 30.2 Å². The summed E-state index contributed by atoms with van der Waals surface area (Å²) in [6.45, 7) is 0. The number of methoxy groups -OCH3 is 2. The summed E-state index contributed by atoms with van der Waals surface area (Å²) < 4.78 is 10.3. The number of benzene rings is 2. The van der Waals surface area contributed by atoms with E-state index >= 15 is 0 Å². The summed E-state index contributed by atoms with van der Waals surface area (Å²) in [6.07, 6.45) is 0. The number of para-hydroxylation sites is 1. The fourth-order valence-corrected chi connectivity index (χ4v) is 4.07. The van der Waals surface area contributed by atoms with Crippen LogP contribution in [0.4, 0.5) is 10.8 Å². The quantitative estimate of drug-likeness (QED) is 0.513. The molecule has 0 radical (unpaired) electrons. The number of aromatic nitrogens is 1. The van der Waals surface area contributed by atoms with Gasteiger partial charge in [0.05, 0.1) is 31.2 Å². The van der Waals surface area contributed by atoms with E-state index in [2.05, 4.69) is 15.6 Å². The first-order chi connectivity index (χ1) is 14.6. The van der Waals surface area contributed by atoms with Crippen LogP contribution in [0, 0.1) is 0 Å². The molecule has 2 aromatic carbocycles. The lowest BCUT2D eigenvalue weighted by Gasteiger charge is -2.07. The van der Waals surface area contributed by atoms with Crippen LogP contribution in [-0.4, -0.2) is 36.8 Å². The first kappa shape index (κ1) is 21.7. The Morgan fingerprint density at radius 2 is 1.80 bits per heavy atom. The van der Waals surface area contributed by atoms with Crippen LogP contribution in [0.5, 0.6) is 11.5 Å². The van der Waals surface area contributed by atoms with Gasteiger partial charge in [-0.2, -0.15) is 0 Å². The van der Waals surface area contributed by atoms with E-state index in [0.29, 0.717) is 28.0 Å². The average Bonchev–Trinajstić information content (AvgIpc) is 3.21. The summed E-state index contributed by atoms with van der Waals surface area (Å²) in [5, 5.41) is 7.99. The molecule has 0 saturated heterocycles. The predicted molar refractivity (Wildman–Crippen MR) is 121 cm³/mol. The Labute approximate surface area is 182 Å². The molecule has 1 heterocycles. The number of nitrogens with zero attached hydrogens (tertiary/aromatic N) is 1. The zero-order chi connectivity index (χ0) is 21.3. The number of anilines is 2. The minimum Gasteiger partial charge on any atom is -0.497 e. The fraction of sp³-hybridized carbons (Fsp3) is 0.190. The van der Waals surface area contributed by atoms with Crippen molar-refractivity contribution in [1.29, 1.82) is 0 Å². The summed E-state index contributed by atoms with van der Waals surface area (Å²) in [7, 11) is 3.12. The second-order valence-corrected chi connectivity index (χ2v) is 7.91. The van der Waals surface area contributed by atoms with Gasteiger partial charge in [-0.05, 0) is 36.4 Å². The number of hydrogen-bond acceptors (Lipinski definition) is 7. The van der Waals surface area contributed by atoms with Crippen molar-refractivity contribution >= 4 is 45.7 Å². The molecule has 7 nitrogen and oxygen atoms in total. The van der Waals surface area contributed by atoms with Crippen LogP contribution in [-0.2, 0) is 10.5 Å². The van der Waals surface area contributed by atoms with Gasteiger partial charge in [-0.15, -0.1) is 23.1 Å². The molecular formula is C21H21N3O4S2. The molecule has 156 valence electrons. The van der Waals surface area contributed by atoms with Gasteiger partial charge >= 0.3 is 0 Å². The molecule has 30 heavy (non-hydrogen) atoms. The summed E-state index contributed by atoms with van der Waals surface area (Å²) in [4.78, 5) is 28.9. The van der Waals surface area contributed by atoms with Crippen LogP contribution in [0.25, 0.3) is 0 Å². The molecular weight excluding hydrogens is 422 g/mol. The highest BCUT2D eigenvalue weighted by Gasteiger charge is 2.13. The molecule has 0 spiro atoms. The Bertz CT molecular complexity index is 1010. The minimum atomic E-state index is -0.278. The van der Waals surface area contributed by atoms with E-state index in [0.717, 1.165) is 17.1 Å². The zero-order valence-corrected chi connectivity index (χ0v) is 18.1. The molecule has 0 saturated carbocycles. The van der Waals surface area contributed by atoms with Gasteiger partial charge in [0.25, 0.3) is 5.91 Å². The molecule has 2 amide bonds. The van der Waals surface area contributed by atoms with Crippen LogP contribution < -0.4 is 20.1 Å². The molecule has 0 aliphatic carbocycles. The lowest BCUT2D eigenvalue weighted by atomic mass is 10.2. The maximum atomic E-state index is 12.4. The predicted octanol–water partition coefficient (Wildman–Crippen LogP) is 4.28. The summed E-state index contributed by atoms with van der Waals surface area (Å²) in [6, 6.07) is 14.2. The van der Waals surface area contributed by atoms with Crippen molar-refractivity contribution in [2.75, 3.05) is 30.6 Å². The van der Waals surface area contributed by atoms with Gasteiger partial charge in [-0.1, -0.05) is 12.1 Å². The number of thioether (sulfide) groups is 1. The minimum absolute atomic E-state index is 0.0925. The highest BCUT2D eigenvalue weighted by molar-refractivity contribution is 7.99. The van der Waals surface area contributed by atoms with E-state index in [9.17, 15) is 9.59 Å². The second kappa shape index (κ2) is 10.7. The van der Waals surface area contributed by atoms with Crippen LogP contribution >= 0.6 is 23.1 Å². The van der Waals surface area contributed by atoms with Gasteiger partial charge in [-0.25, -0.2) is 4.98 Å². The van der Waals surface area contributed by atoms with Crippen LogP contribution in [0.2, 0.25) is 0 Å². The lowest BCUT2D eigenvalue weighted by Crippen LogP contribution is -2.14. The molecule has 9 heteroatoms. The largest absolute Gasteiger partial charge is 0.497 e. The zero-order valence-electron chi connectivity index (χ0n) is 16.5. The monoisotopic (exact) mass is 443 g/mol. The second-order valence-electron chi connectivity index (χ2n) is 6.07. The van der Waals surface area contributed by atoms with E-state index in [-0.39, 0.29) is 11.8 Å². The van der Waals surface area contributed by atoms with Crippen molar-refractivity contribution in [2.24, 2.45) is 0 Å². The molecule has 0 aliphatic rings. The molecule has 1 aromatic heterocycles. The van der Waals surface area contributed by atoms with E-state index in [1.54, 1.807) is 55.6 Å². The molecule has 3 rings (SSSR count). The molecule has 3 aromatic rings. The third-order valence-corrected chi connectivity index (χ3v) is 5.75. The van der Waals surface area contributed by atoms with Crippen molar-refractivity contribution in [3.8, 4) is 11.5 Å². The first-order valence-corrected chi connectivity index (χ1v) is 11.0. The van der Waals surface area contributed by atoms with Crippen molar-refractivity contribution < 1.29 is 19.1 Å². The smallest absolute Gasteiger partial charge is 0.261 e. The number of ether oxygens (including phenoxy) is 2. The van der Waals surface area contributed by atoms with Gasteiger partial charge in [0, 0.05) is 16.8 Å². The fourth-order valence-electron chi connectivity index (χ4n) is 2.55. The maximum Gasteiger partial charge on any atom is 0.261 e. The van der Waals surface area contributed by atoms with E-state index in [1.807, 2.05) is 5.38 Å². The van der Waals surface area contributed by atoms with Crippen molar-refractivity contribution in [3.05, 3.63) is 65.2 Å². The molecule has 2 N–H and O–H groups in total. The third kappa shape index (κ3) is 5.98. The molecule has 0 bridgehead atoms. The highest BCUT2D eigenvalue weighted by Crippen LogP contribution is 2.23. The third-order valence-electron chi connectivity index (χ3n) is 3.98. The lowest BCUT2D eigenvalue weighted by molar-refractivity contribution is -0.113. The first-order valence-electron chi connectivity index (χ1n) is 8.99. The maximum absolute atomic E-state index is 12.4. The number of carbonyl (C=O) groups is 2. The van der Waals surface area contributed by atoms with Crippen molar-refractivity contribution in [3.63, 3.8) is 0 Å². The van der Waals surface area contributed by atoms with Gasteiger partial charge in [0.1, 0.15) is 11.5 Å². The Hall–Kier alpha value is -3.04. The van der Waals surface area contributed by atoms with E-state index in [4.69, 9.17) is 9.47 Å². The Morgan fingerprint density at radius 3 is 2.53 bits per heavy atom. The topological polar surface area (TPSA) is 89.6 Å². The van der Waals surface area contributed by atoms with Crippen LogP contribution in [0.15, 0.2) is 53.9 Å².